The van der Waals surface area contributed by atoms with Gasteiger partial charge in [0.15, 0.2) is 0 Å². The van der Waals surface area contributed by atoms with Gasteiger partial charge in [-0.2, -0.15) is 0 Å². The number of β-amino-alcohol motifs (C(OH)–C–C–N with tert-alkyl or cyclic N) is 1. The maximum Gasteiger partial charge on any atom is 0.225 e. The second-order valence-electron chi connectivity index (χ2n) is 4.86. The van der Waals surface area contributed by atoms with Crippen LogP contribution in [0.25, 0.3) is 0 Å². The summed E-state index contributed by atoms with van der Waals surface area (Å²) < 4.78 is 0. The van der Waals surface area contributed by atoms with Gasteiger partial charge in [0.2, 0.25) is 5.95 Å². The quantitative estimate of drug-likeness (QED) is 0.696. The molecule has 3 heterocycles. The Hall–Kier alpha value is -1.24. The van der Waals surface area contributed by atoms with Gasteiger partial charge in [-0.05, 0) is 6.07 Å². The van der Waals surface area contributed by atoms with Gasteiger partial charge in [0.25, 0.3) is 0 Å². The van der Waals surface area contributed by atoms with Crippen LogP contribution in [0.2, 0.25) is 0 Å². The number of hydrogen-bond acceptors (Lipinski definition) is 6. The molecule has 2 aliphatic heterocycles. The molecule has 6 heteroatoms. The molecule has 0 aromatic carbocycles. The van der Waals surface area contributed by atoms with Crippen molar-refractivity contribution in [1.29, 1.82) is 0 Å². The van der Waals surface area contributed by atoms with E-state index in [-0.39, 0.29) is 12.1 Å². The summed E-state index contributed by atoms with van der Waals surface area (Å²) in [6.45, 7) is 5.37. The van der Waals surface area contributed by atoms with Gasteiger partial charge in [-0.1, -0.05) is 0 Å². The summed E-state index contributed by atoms with van der Waals surface area (Å²) in [4.78, 5) is 13.1. The summed E-state index contributed by atoms with van der Waals surface area (Å²) in [6.07, 6.45) is 3.32. The lowest BCUT2D eigenvalue weighted by atomic mass is 10.1. The van der Waals surface area contributed by atoms with Crippen molar-refractivity contribution in [2.24, 2.45) is 0 Å². The second-order valence-corrected chi connectivity index (χ2v) is 4.86. The van der Waals surface area contributed by atoms with E-state index in [1.165, 1.54) is 0 Å². The summed E-state index contributed by atoms with van der Waals surface area (Å²) in [6, 6.07) is 2.10. The summed E-state index contributed by atoms with van der Waals surface area (Å²) in [5.41, 5.74) is 0. The highest BCUT2D eigenvalue weighted by atomic mass is 16.3. The van der Waals surface area contributed by atoms with Crippen LogP contribution in [0.5, 0.6) is 0 Å². The van der Waals surface area contributed by atoms with Gasteiger partial charge in [0, 0.05) is 57.7 Å². The lowest BCUT2D eigenvalue weighted by Crippen LogP contribution is -2.54. The summed E-state index contributed by atoms with van der Waals surface area (Å²) in [5, 5.41) is 13.1. The van der Waals surface area contributed by atoms with Crippen LogP contribution < -0.4 is 10.2 Å². The minimum atomic E-state index is -0.232. The third-order valence-corrected chi connectivity index (χ3v) is 3.77. The van der Waals surface area contributed by atoms with E-state index < -0.39 is 0 Å². The SMILES string of the molecule is OC1CNCC1N1CCN(c2ncccn2)CC1. The van der Waals surface area contributed by atoms with Crippen molar-refractivity contribution in [3.63, 3.8) is 0 Å². The number of piperazine rings is 1. The zero-order valence-electron chi connectivity index (χ0n) is 10.4. The first-order chi connectivity index (χ1) is 8.84. The first-order valence-corrected chi connectivity index (χ1v) is 6.49. The molecule has 3 rings (SSSR count). The van der Waals surface area contributed by atoms with Crippen molar-refractivity contribution in [2.45, 2.75) is 12.1 Å². The van der Waals surface area contributed by atoms with Crippen molar-refractivity contribution >= 4 is 5.95 Å². The number of hydrogen-bond donors (Lipinski definition) is 2. The number of nitrogens with one attached hydrogen (secondary N) is 1. The second kappa shape index (κ2) is 5.17. The minimum absolute atomic E-state index is 0.232. The molecule has 0 radical (unpaired) electrons. The third kappa shape index (κ3) is 2.31. The van der Waals surface area contributed by atoms with Gasteiger partial charge in [-0.3, -0.25) is 4.90 Å². The Kier molecular flexibility index (Phi) is 3.40. The molecule has 98 valence electrons. The minimum Gasteiger partial charge on any atom is -0.390 e. The van der Waals surface area contributed by atoms with E-state index in [1.807, 2.05) is 6.07 Å². The highest BCUT2D eigenvalue weighted by molar-refractivity contribution is 5.29. The average molecular weight is 249 g/mol. The summed E-state index contributed by atoms with van der Waals surface area (Å²) >= 11 is 0. The number of anilines is 1. The van der Waals surface area contributed by atoms with Crippen molar-refractivity contribution in [1.82, 2.24) is 20.2 Å². The van der Waals surface area contributed by atoms with Crippen LogP contribution in [0.15, 0.2) is 18.5 Å². The van der Waals surface area contributed by atoms with Gasteiger partial charge in [0.05, 0.1) is 6.10 Å². The van der Waals surface area contributed by atoms with E-state index in [0.717, 1.165) is 38.7 Å². The van der Waals surface area contributed by atoms with Gasteiger partial charge >= 0.3 is 0 Å². The zero-order valence-corrected chi connectivity index (χ0v) is 10.4. The maximum absolute atomic E-state index is 9.88. The van der Waals surface area contributed by atoms with Crippen LogP contribution in [-0.2, 0) is 0 Å². The highest BCUT2D eigenvalue weighted by Gasteiger charge is 2.32. The average Bonchev–Trinajstić information content (AvgIpc) is 2.86. The van der Waals surface area contributed by atoms with Crippen molar-refractivity contribution in [2.75, 3.05) is 44.2 Å². The number of rotatable bonds is 2. The molecule has 0 aliphatic carbocycles. The van der Waals surface area contributed by atoms with E-state index in [9.17, 15) is 5.11 Å². The third-order valence-electron chi connectivity index (χ3n) is 3.77. The van der Waals surface area contributed by atoms with Gasteiger partial charge < -0.3 is 15.3 Å². The Balaban J connectivity index is 1.58. The lowest BCUT2D eigenvalue weighted by Gasteiger charge is -2.38. The normalized spacial score (nSPS) is 29.7. The molecule has 2 N–H and O–H groups in total. The van der Waals surface area contributed by atoms with E-state index >= 15 is 0 Å². The van der Waals surface area contributed by atoms with Gasteiger partial charge in [-0.15, -0.1) is 0 Å². The highest BCUT2D eigenvalue weighted by Crippen LogP contribution is 2.15. The molecule has 6 nitrogen and oxygen atoms in total. The topological polar surface area (TPSA) is 64.5 Å². The van der Waals surface area contributed by atoms with Gasteiger partial charge in [-0.25, -0.2) is 9.97 Å². The molecule has 0 saturated carbocycles. The first kappa shape index (κ1) is 11.8. The van der Waals surface area contributed by atoms with Crippen LogP contribution in [0.3, 0.4) is 0 Å². The van der Waals surface area contributed by atoms with Crippen molar-refractivity contribution < 1.29 is 5.11 Å². The first-order valence-electron chi connectivity index (χ1n) is 6.49. The summed E-state index contributed by atoms with van der Waals surface area (Å²) in [5.74, 6) is 0.808. The largest absolute Gasteiger partial charge is 0.390 e. The lowest BCUT2D eigenvalue weighted by molar-refractivity contribution is 0.0790. The Morgan fingerprint density at radius 1 is 1.11 bits per heavy atom. The molecule has 18 heavy (non-hydrogen) atoms. The molecule has 2 saturated heterocycles. The standard InChI is InChI=1S/C12H19N5O/c18-11-9-13-8-10(11)16-4-6-17(7-5-16)12-14-2-1-3-15-12/h1-3,10-11,13,18H,4-9H2. The monoisotopic (exact) mass is 249 g/mol. The van der Waals surface area contributed by atoms with Crippen LogP contribution in [0, 0.1) is 0 Å². The van der Waals surface area contributed by atoms with Crippen LogP contribution in [0.1, 0.15) is 0 Å². The van der Waals surface area contributed by atoms with E-state index in [4.69, 9.17) is 0 Å². The Morgan fingerprint density at radius 2 is 1.83 bits per heavy atom. The predicted molar refractivity (Wildman–Crippen MR) is 68.5 cm³/mol. The van der Waals surface area contributed by atoms with Crippen molar-refractivity contribution in [3.05, 3.63) is 18.5 Å². The molecule has 2 unspecified atom stereocenters. The zero-order chi connectivity index (χ0) is 12.4. The predicted octanol–water partition coefficient (Wildman–Crippen LogP) is -1.07. The fourth-order valence-corrected chi connectivity index (χ4v) is 2.73. The van der Waals surface area contributed by atoms with Crippen LogP contribution in [-0.4, -0.2) is 71.4 Å². The molecule has 2 fully saturated rings. The van der Waals surface area contributed by atoms with E-state index in [0.29, 0.717) is 6.54 Å². The maximum atomic E-state index is 9.88. The van der Waals surface area contributed by atoms with E-state index in [1.54, 1.807) is 12.4 Å². The number of aromatic nitrogens is 2. The van der Waals surface area contributed by atoms with E-state index in [2.05, 4.69) is 25.1 Å². The molecule has 2 atom stereocenters. The Bertz CT molecular complexity index is 379. The summed E-state index contributed by atoms with van der Waals surface area (Å²) in [7, 11) is 0. The molecule has 2 aliphatic rings. The Labute approximate surface area is 107 Å². The molecule has 0 bridgehead atoms. The van der Waals surface area contributed by atoms with Crippen LogP contribution in [0.4, 0.5) is 5.95 Å². The number of nitrogens with zero attached hydrogens (tertiary/aromatic N) is 4. The number of aliphatic hydroxyl groups is 1. The van der Waals surface area contributed by atoms with Crippen molar-refractivity contribution in [3.8, 4) is 0 Å². The molecule has 1 aromatic heterocycles. The molecule has 1 aromatic rings. The molecule has 0 amide bonds. The molecule has 0 spiro atoms. The van der Waals surface area contributed by atoms with Crippen LogP contribution >= 0.6 is 0 Å². The fraction of sp³-hybridized carbons (Fsp3) is 0.667. The smallest absolute Gasteiger partial charge is 0.225 e. The Morgan fingerprint density at radius 3 is 2.44 bits per heavy atom. The van der Waals surface area contributed by atoms with Gasteiger partial charge in [0.1, 0.15) is 0 Å². The molecular formula is C12H19N5O. The molecular weight excluding hydrogens is 230 g/mol. The number of aliphatic hydroxyl groups excluding tert-OH is 1. The fourth-order valence-electron chi connectivity index (χ4n) is 2.73.